The van der Waals surface area contributed by atoms with Crippen LogP contribution in [0.2, 0.25) is 0 Å². The summed E-state index contributed by atoms with van der Waals surface area (Å²) in [4.78, 5) is 26.3. The van der Waals surface area contributed by atoms with Crippen molar-refractivity contribution in [2.45, 2.75) is 57.4 Å². The number of amides is 2. The first kappa shape index (κ1) is 18.3. The zero-order chi connectivity index (χ0) is 17.8. The van der Waals surface area contributed by atoms with Crippen LogP contribution >= 0.6 is 11.3 Å². The van der Waals surface area contributed by atoms with E-state index in [1.54, 1.807) is 12.0 Å². The Labute approximate surface area is 152 Å². The van der Waals surface area contributed by atoms with Crippen molar-refractivity contribution in [1.82, 2.24) is 15.1 Å². The Kier molecular flexibility index (Phi) is 6.01. The van der Waals surface area contributed by atoms with Gasteiger partial charge in [0.15, 0.2) is 0 Å². The predicted octanol–water partition coefficient (Wildman–Crippen LogP) is 2.41. The minimum absolute atomic E-state index is 0.00450. The maximum absolute atomic E-state index is 12.5. The smallest absolute Gasteiger partial charge is 0.231 e. The fraction of sp³-hybridized carbons (Fsp3) is 0.765. The Balaban J connectivity index is 1.56. The van der Waals surface area contributed by atoms with Crippen LogP contribution in [-0.4, -0.2) is 53.2 Å². The summed E-state index contributed by atoms with van der Waals surface area (Å²) in [5.41, 5.74) is 0. The van der Waals surface area contributed by atoms with E-state index in [2.05, 4.69) is 15.5 Å². The molecule has 2 atom stereocenters. The molecule has 0 unspecified atom stereocenters. The van der Waals surface area contributed by atoms with E-state index in [1.807, 2.05) is 6.92 Å². The van der Waals surface area contributed by atoms with Gasteiger partial charge in [-0.15, -0.1) is 10.2 Å². The standard InChI is InChI=1S/C17H26N4O3S/c1-11(10-24-2)21-9-13(8-14(21)22)15(23)18-17-20-19-16(25-17)12-6-4-3-5-7-12/h11-13H,3-10H2,1-2H3,(H,18,20,23)/t11-,13+/m1/s1. The number of methoxy groups -OCH3 is 1. The molecular formula is C17H26N4O3S. The van der Waals surface area contributed by atoms with Crippen LogP contribution in [0.5, 0.6) is 0 Å². The van der Waals surface area contributed by atoms with Gasteiger partial charge in [-0.3, -0.25) is 9.59 Å². The van der Waals surface area contributed by atoms with E-state index in [1.165, 1.54) is 30.6 Å². The van der Waals surface area contributed by atoms with Crippen LogP contribution in [0.1, 0.15) is 56.4 Å². The van der Waals surface area contributed by atoms with E-state index in [4.69, 9.17) is 4.74 Å². The minimum Gasteiger partial charge on any atom is -0.383 e. The molecule has 1 aromatic heterocycles. The normalized spacial score (nSPS) is 23.0. The SMILES string of the molecule is COC[C@@H](C)N1C[C@@H](C(=O)Nc2nnc(C3CCCCC3)s2)CC1=O. The lowest BCUT2D eigenvalue weighted by atomic mass is 9.90. The van der Waals surface area contributed by atoms with Gasteiger partial charge in [-0.25, -0.2) is 0 Å². The highest BCUT2D eigenvalue weighted by Crippen LogP contribution is 2.35. The molecule has 7 nitrogen and oxygen atoms in total. The van der Waals surface area contributed by atoms with Crippen molar-refractivity contribution in [3.63, 3.8) is 0 Å². The van der Waals surface area contributed by atoms with Crippen molar-refractivity contribution in [3.8, 4) is 0 Å². The van der Waals surface area contributed by atoms with E-state index < -0.39 is 0 Å². The van der Waals surface area contributed by atoms with Gasteiger partial charge in [0.05, 0.1) is 18.6 Å². The number of hydrogen-bond donors (Lipinski definition) is 1. The van der Waals surface area contributed by atoms with Crippen LogP contribution in [-0.2, 0) is 14.3 Å². The zero-order valence-corrected chi connectivity index (χ0v) is 15.7. The number of hydrogen-bond acceptors (Lipinski definition) is 6. The Hall–Kier alpha value is -1.54. The Bertz CT molecular complexity index is 615. The molecule has 8 heteroatoms. The second-order valence-electron chi connectivity index (χ2n) is 7.02. The van der Waals surface area contributed by atoms with Crippen molar-refractivity contribution < 1.29 is 14.3 Å². The summed E-state index contributed by atoms with van der Waals surface area (Å²) in [6, 6.07) is -0.0188. The van der Waals surface area contributed by atoms with Crippen LogP contribution < -0.4 is 5.32 Å². The maximum atomic E-state index is 12.5. The number of anilines is 1. The average molecular weight is 366 g/mol. The molecule has 0 aromatic carbocycles. The third kappa shape index (κ3) is 4.36. The van der Waals surface area contributed by atoms with Crippen molar-refractivity contribution in [1.29, 1.82) is 0 Å². The summed E-state index contributed by atoms with van der Waals surface area (Å²) >= 11 is 1.47. The molecule has 1 aromatic rings. The molecule has 2 heterocycles. The molecule has 1 saturated carbocycles. The monoisotopic (exact) mass is 366 g/mol. The zero-order valence-electron chi connectivity index (χ0n) is 14.9. The molecule has 0 radical (unpaired) electrons. The van der Waals surface area contributed by atoms with E-state index >= 15 is 0 Å². The molecule has 25 heavy (non-hydrogen) atoms. The Morgan fingerprint density at radius 3 is 2.84 bits per heavy atom. The molecule has 0 bridgehead atoms. The molecule has 1 aliphatic carbocycles. The van der Waals surface area contributed by atoms with Crippen LogP contribution in [0.4, 0.5) is 5.13 Å². The van der Waals surface area contributed by atoms with E-state index in [9.17, 15) is 9.59 Å². The van der Waals surface area contributed by atoms with E-state index in [-0.39, 0.29) is 30.2 Å². The summed E-state index contributed by atoms with van der Waals surface area (Å²) in [6.45, 7) is 2.84. The first-order chi connectivity index (χ1) is 12.1. The summed E-state index contributed by atoms with van der Waals surface area (Å²) < 4.78 is 5.11. The summed E-state index contributed by atoms with van der Waals surface area (Å²) in [5.74, 6) is 0.000788. The number of aromatic nitrogens is 2. The molecule has 2 fully saturated rings. The fourth-order valence-corrected chi connectivity index (χ4v) is 4.59. The second-order valence-corrected chi connectivity index (χ2v) is 8.03. The number of rotatable bonds is 6. The van der Waals surface area contributed by atoms with Gasteiger partial charge in [0.25, 0.3) is 0 Å². The van der Waals surface area contributed by atoms with Gasteiger partial charge >= 0.3 is 0 Å². The molecule has 1 aliphatic heterocycles. The molecule has 138 valence electrons. The summed E-state index contributed by atoms with van der Waals surface area (Å²) in [7, 11) is 1.61. The average Bonchev–Trinajstić information content (AvgIpc) is 3.23. The largest absolute Gasteiger partial charge is 0.383 e. The quantitative estimate of drug-likeness (QED) is 0.836. The molecule has 3 rings (SSSR count). The van der Waals surface area contributed by atoms with Gasteiger partial charge in [-0.1, -0.05) is 30.6 Å². The van der Waals surface area contributed by atoms with Crippen LogP contribution in [0.15, 0.2) is 0 Å². The van der Waals surface area contributed by atoms with Crippen LogP contribution in [0, 0.1) is 5.92 Å². The molecule has 1 N–H and O–H groups in total. The van der Waals surface area contributed by atoms with Crippen molar-refractivity contribution in [2.24, 2.45) is 5.92 Å². The summed E-state index contributed by atoms with van der Waals surface area (Å²) in [6.07, 6.45) is 6.34. The van der Waals surface area contributed by atoms with Gasteiger partial charge in [0.1, 0.15) is 5.01 Å². The second kappa shape index (κ2) is 8.23. The predicted molar refractivity (Wildman–Crippen MR) is 95.5 cm³/mol. The van der Waals surface area contributed by atoms with Gasteiger partial charge in [0, 0.05) is 26.0 Å². The lowest BCUT2D eigenvalue weighted by Gasteiger charge is -2.23. The number of nitrogens with one attached hydrogen (secondary N) is 1. The van der Waals surface area contributed by atoms with Crippen molar-refractivity contribution >= 4 is 28.3 Å². The lowest BCUT2D eigenvalue weighted by molar-refractivity contribution is -0.130. The fourth-order valence-electron chi connectivity index (χ4n) is 3.67. The third-order valence-electron chi connectivity index (χ3n) is 5.09. The first-order valence-electron chi connectivity index (χ1n) is 9.01. The summed E-state index contributed by atoms with van der Waals surface area (Å²) in [5, 5.41) is 12.8. The Morgan fingerprint density at radius 1 is 1.36 bits per heavy atom. The highest BCUT2D eigenvalue weighted by Gasteiger charge is 2.37. The number of likely N-dealkylation sites (tertiary alicyclic amines) is 1. The molecule has 0 spiro atoms. The maximum Gasteiger partial charge on any atom is 0.231 e. The van der Waals surface area contributed by atoms with Gasteiger partial charge in [-0.2, -0.15) is 0 Å². The number of ether oxygens (including phenoxy) is 1. The molecule has 2 aliphatic rings. The van der Waals surface area contributed by atoms with Crippen LogP contribution in [0.25, 0.3) is 0 Å². The Morgan fingerprint density at radius 2 is 2.12 bits per heavy atom. The third-order valence-corrected chi connectivity index (χ3v) is 6.10. The van der Waals surface area contributed by atoms with E-state index in [0.29, 0.717) is 24.2 Å². The van der Waals surface area contributed by atoms with Gasteiger partial charge in [0.2, 0.25) is 16.9 Å². The topological polar surface area (TPSA) is 84.4 Å². The number of carbonyl (C=O) groups excluding carboxylic acids is 2. The van der Waals surface area contributed by atoms with Gasteiger partial charge in [-0.05, 0) is 19.8 Å². The van der Waals surface area contributed by atoms with Gasteiger partial charge < -0.3 is 15.0 Å². The molecule has 2 amide bonds. The number of carbonyl (C=O) groups is 2. The number of nitrogens with zero attached hydrogens (tertiary/aromatic N) is 3. The van der Waals surface area contributed by atoms with Crippen LogP contribution in [0.3, 0.4) is 0 Å². The highest BCUT2D eigenvalue weighted by molar-refractivity contribution is 7.15. The minimum atomic E-state index is -0.339. The molecular weight excluding hydrogens is 340 g/mol. The van der Waals surface area contributed by atoms with Crippen molar-refractivity contribution in [3.05, 3.63) is 5.01 Å². The van der Waals surface area contributed by atoms with Crippen molar-refractivity contribution in [2.75, 3.05) is 25.6 Å². The van der Waals surface area contributed by atoms with E-state index in [0.717, 1.165) is 17.8 Å². The lowest BCUT2D eigenvalue weighted by Crippen LogP contribution is -2.38. The highest BCUT2D eigenvalue weighted by atomic mass is 32.1. The molecule has 1 saturated heterocycles. The first-order valence-corrected chi connectivity index (χ1v) is 9.82.